The third kappa shape index (κ3) is 4.27. The molecule has 1 amide bonds. The average molecular weight is 389 g/mol. The Kier molecular flexibility index (Phi) is 5.92. The van der Waals surface area contributed by atoms with Crippen molar-refractivity contribution >= 4 is 76.1 Å². The van der Waals surface area contributed by atoms with Gasteiger partial charge in [0.1, 0.15) is 37.2 Å². The van der Waals surface area contributed by atoms with E-state index >= 15 is 0 Å². The number of anilines is 1. The van der Waals surface area contributed by atoms with Gasteiger partial charge in [0, 0.05) is 30.2 Å². The summed E-state index contributed by atoms with van der Waals surface area (Å²) in [5.74, 6) is 0.285. The molecule has 0 bridgehead atoms. The molecule has 8 radical (unpaired) electrons. The van der Waals surface area contributed by atoms with Crippen LogP contribution >= 0.6 is 0 Å². The molecule has 0 unspecified atom stereocenters. The first-order chi connectivity index (χ1) is 14.4. The van der Waals surface area contributed by atoms with Gasteiger partial charge in [0.15, 0.2) is 0 Å². The summed E-state index contributed by atoms with van der Waals surface area (Å²) in [7, 11) is 23.7. The van der Waals surface area contributed by atoms with Crippen molar-refractivity contribution < 1.29 is 9.53 Å². The minimum absolute atomic E-state index is 0.0805. The van der Waals surface area contributed by atoms with Gasteiger partial charge in [-0.25, -0.2) is 4.98 Å². The normalized spacial score (nSPS) is 14.7. The third-order valence-electron chi connectivity index (χ3n) is 4.93. The van der Waals surface area contributed by atoms with Crippen LogP contribution in [0.15, 0.2) is 24.5 Å². The van der Waals surface area contributed by atoms with Crippen molar-refractivity contribution in [2.75, 3.05) is 38.2 Å². The van der Waals surface area contributed by atoms with Crippen LogP contribution in [0, 0.1) is 0 Å². The summed E-state index contributed by atoms with van der Waals surface area (Å²) in [5.41, 5.74) is 2.41. The lowest BCUT2D eigenvalue weighted by Crippen LogP contribution is -2.47. The van der Waals surface area contributed by atoms with E-state index in [1.54, 1.807) is 18.5 Å². The second kappa shape index (κ2) is 8.61. The fraction of sp³-hybridized carbons (Fsp3) is 0.263. The standard InChI is InChI=1S/C19H15B4N5O2/c20-16-15(18(22)27-19(23)17(16)21)11-5-10-6-13(25-8-12(10)24-7-11)26-14(29)9-28-1-3-30-4-2-28/h5-8H,1-4,9H2,(H,25,26,29). The molecule has 11 heteroatoms. The van der Waals surface area contributed by atoms with E-state index in [0.717, 1.165) is 18.5 Å². The second-order valence-corrected chi connectivity index (χ2v) is 7.01. The van der Waals surface area contributed by atoms with E-state index in [1.165, 1.54) is 0 Å². The minimum Gasteiger partial charge on any atom is -0.379 e. The first-order valence-corrected chi connectivity index (χ1v) is 9.38. The number of amides is 1. The van der Waals surface area contributed by atoms with Crippen LogP contribution in [0.1, 0.15) is 0 Å². The summed E-state index contributed by atoms with van der Waals surface area (Å²) in [6, 6.07) is 3.57. The SMILES string of the molecule is [B]c1nc([B])c(-c2cnc3cnc(NC(=O)CN4CCOCC4)cc3c2)c([B])c1[B]. The number of hydrogen-bond donors (Lipinski definition) is 1. The monoisotopic (exact) mass is 389 g/mol. The molecule has 30 heavy (non-hydrogen) atoms. The molecule has 0 saturated carbocycles. The van der Waals surface area contributed by atoms with Crippen LogP contribution in [0.5, 0.6) is 0 Å². The highest BCUT2D eigenvalue weighted by molar-refractivity contribution is 6.59. The Bertz CT molecular complexity index is 1120. The quantitative estimate of drug-likeness (QED) is 0.484. The molecule has 1 saturated heterocycles. The number of carbonyl (C=O) groups excluding carboxylic acids is 1. The molecule has 7 nitrogen and oxygen atoms in total. The molecule has 1 aliphatic rings. The van der Waals surface area contributed by atoms with E-state index in [0.29, 0.717) is 35.7 Å². The average Bonchev–Trinajstić information content (AvgIpc) is 2.72. The van der Waals surface area contributed by atoms with Crippen LogP contribution in [-0.4, -0.2) is 90.0 Å². The smallest absolute Gasteiger partial charge is 0.239 e. The predicted octanol–water partition coefficient (Wildman–Crippen LogP) is -2.86. The molecule has 3 aromatic heterocycles. The number of carbonyl (C=O) groups is 1. The van der Waals surface area contributed by atoms with Crippen LogP contribution in [-0.2, 0) is 9.53 Å². The zero-order valence-corrected chi connectivity index (χ0v) is 16.3. The van der Waals surface area contributed by atoms with Crippen LogP contribution < -0.4 is 27.4 Å². The van der Waals surface area contributed by atoms with Crippen molar-refractivity contribution in [3.8, 4) is 11.1 Å². The number of pyridine rings is 3. The molecule has 1 aliphatic heterocycles. The van der Waals surface area contributed by atoms with Gasteiger partial charge in [-0.1, -0.05) is 10.9 Å². The van der Waals surface area contributed by atoms with Crippen molar-refractivity contribution in [1.29, 1.82) is 0 Å². The highest BCUT2D eigenvalue weighted by Gasteiger charge is 2.15. The minimum atomic E-state index is -0.142. The molecule has 1 N–H and O–H groups in total. The summed E-state index contributed by atoms with van der Waals surface area (Å²) in [4.78, 5) is 27.1. The van der Waals surface area contributed by atoms with Crippen molar-refractivity contribution in [3.63, 3.8) is 0 Å². The number of morpholine rings is 1. The van der Waals surface area contributed by atoms with Gasteiger partial charge in [-0.3, -0.25) is 19.7 Å². The van der Waals surface area contributed by atoms with Gasteiger partial charge in [-0.05, 0) is 28.9 Å². The molecule has 0 aliphatic carbocycles. The predicted molar refractivity (Wildman–Crippen MR) is 120 cm³/mol. The van der Waals surface area contributed by atoms with Gasteiger partial charge in [-0.2, -0.15) is 0 Å². The van der Waals surface area contributed by atoms with E-state index in [9.17, 15) is 4.79 Å². The lowest BCUT2D eigenvalue weighted by Gasteiger charge is -2.25. The molecular weight excluding hydrogens is 373 g/mol. The summed E-state index contributed by atoms with van der Waals surface area (Å²) >= 11 is 0. The number of rotatable bonds is 4. The van der Waals surface area contributed by atoms with Crippen molar-refractivity contribution in [1.82, 2.24) is 19.9 Å². The Balaban J connectivity index is 1.60. The maximum Gasteiger partial charge on any atom is 0.239 e. The zero-order valence-electron chi connectivity index (χ0n) is 16.3. The van der Waals surface area contributed by atoms with Crippen LogP contribution in [0.4, 0.5) is 5.82 Å². The fourth-order valence-corrected chi connectivity index (χ4v) is 3.34. The van der Waals surface area contributed by atoms with Crippen LogP contribution in [0.25, 0.3) is 22.0 Å². The Morgan fingerprint density at radius 2 is 1.80 bits per heavy atom. The molecular formula is C19H15B4N5O2. The Morgan fingerprint density at radius 3 is 2.57 bits per heavy atom. The van der Waals surface area contributed by atoms with E-state index in [-0.39, 0.29) is 34.6 Å². The molecule has 140 valence electrons. The third-order valence-corrected chi connectivity index (χ3v) is 4.93. The van der Waals surface area contributed by atoms with E-state index in [2.05, 4.69) is 20.3 Å². The topological polar surface area (TPSA) is 80.2 Å². The summed E-state index contributed by atoms with van der Waals surface area (Å²) < 4.78 is 5.30. The molecule has 4 heterocycles. The lowest BCUT2D eigenvalue weighted by atomic mass is 9.70. The number of ether oxygens (including phenoxy) is 1. The van der Waals surface area contributed by atoms with E-state index in [1.807, 2.05) is 11.0 Å². The zero-order chi connectivity index (χ0) is 21.3. The lowest BCUT2D eigenvalue weighted by molar-refractivity contribution is -0.118. The van der Waals surface area contributed by atoms with Crippen LogP contribution in [0.3, 0.4) is 0 Å². The van der Waals surface area contributed by atoms with Crippen LogP contribution in [0.2, 0.25) is 0 Å². The second-order valence-electron chi connectivity index (χ2n) is 7.01. The molecule has 1 fully saturated rings. The molecule has 0 aromatic carbocycles. The van der Waals surface area contributed by atoms with Gasteiger partial charge in [0.05, 0.1) is 31.5 Å². The molecule has 0 spiro atoms. The maximum atomic E-state index is 12.3. The first-order valence-electron chi connectivity index (χ1n) is 9.38. The van der Waals surface area contributed by atoms with Crippen molar-refractivity contribution in [2.24, 2.45) is 0 Å². The highest BCUT2D eigenvalue weighted by Crippen LogP contribution is 2.21. The largest absolute Gasteiger partial charge is 0.379 e. The summed E-state index contributed by atoms with van der Waals surface area (Å²) in [5, 5.41) is 3.57. The van der Waals surface area contributed by atoms with Gasteiger partial charge < -0.3 is 10.1 Å². The Morgan fingerprint density at radius 1 is 1.03 bits per heavy atom. The van der Waals surface area contributed by atoms with Crippen molar-refractivity contribution in [3.05, 3.63) is 24.5 Å². The molecule has 3 aromatic rings. The van der Waals surface area contributed by atoms with Gasteiger partial charge in [-0.15, -0.1) is 0 Å². The summed E-state index contributed by atoms with van der Waals surface area (Å²) in [6.45, 7) is 3.01. The van der Waals surface area contributed by atoms with Gasteiger partial charge in [0.2, 0.25) is 5.91 Å². The summed E-state index contributed by atoms with van der Waals surface area (Å²) in [6.07, 6.45) is 3.20. The first kappa shape index (κ1) is 20.6. The number of hydrogen-bond acceptors (Lipinski definition) is 6. The van der Waals surface area contributed by atoms with Gasteiger partial charge in [0.25, 0.3) is 0 Å². The molecule has 0 atom stereocenters. The number of nitrogens with zero attached hydrogens (tertiary/aromatic N) is 4. The number of fused-ring (bicyclic) bond motifs is 1. The number of aromatic nitrogens is 3. The van der Waals surface area contributed by atoms with E-state index in [4.69, 9.17) is 36.1 Å². The highest BCUT2D eigenvalue weighted by atomic mass is 16.5. The Labute approximate surface area is 179 Å². The van der Waals surface area contributed by atoms with Gasteiger partial charge >= 0.3 is 0 Å². The maximum absolute atomic E-state index is 12.3. The Hall–Kier alpha value is -2.64. The molecule has 4 rings (SSSR count). The number of nitrogens with one attached hydrogen (secondary N) is 1. The van der Waals surface area contributed by atoms with E-state index < -0.39 is 0 Å². The fourth-order valence-electron chi connectivity index (χ4n) is 3.34. The van der Waals surface area contributed by atoms with Crippen molar-refractivity contribution in [2.45, 2.75) is 0 Å².